The Balaban J connectivity index is 2.63. The van der Waals surface area contributed by atoms with E-state index >= 15 is 0 Å². The summed E-state index contributed by atoms with van der Waals surface area (Å²) in [7, 11) is 0. The molecule has 2 heteroatoms. The van der Waals surface area contributed by atoms with Crippen LogP contribution < -0.4 is 0 Å². The topological polar surface area (TPSA) is 17.1 Å². The molecule has 0 aliphatic rings. The molecule has 0 saturated heterocycles. The Morgan fingerprint density at radius 2 is 1.75 bits per heavy atom. The van der Waals surface area contributed by atoms with Gasteiger partial charge in [-0.25, -0.2) is 0 Å². The molecule has 2 aromatic rings. The average molecular weight is 277 g/mol. The maximum atomic E-state index is 11.0. The van der Waals surface area contributed by atoms with Crippen LogP contribution in [0.2, 0.25) is 0 Å². The fourth-order valence-electron chi connectivity index (χ4n) is 1.69. The lowest BCUT2D eigenvalue weighted by molar-refractivity contribution is -0.111. The molecular weight excluding hydrogens is 264 g/mol. The van der Waals surface area contributed by atoms with Gasteiger partial charge in [0.15, 0.2) is 0 Å². The molecule has 2 rings (SSSR count). The van der Waals surface area contributed by atoms with Crippen molar-refractivity contribution in [2.45, 2.75) is 19.3 Å². The van der Waals surface area contributed by atoms with E-state index in [1.807, 2.05) is 26.0 Å². The fourth-order valence-corrected chi connectivity index (χ4v) is 2.07. The molecule has 1 nitrogen and oxygen atoms in total. The third-order valence-electron chi connectivity index (χ3n) is 2.84. The molecule has 0 radical (unpaired) electrons. The number of carbonyl (C=O) groups is 1. The number of halogens is 1. The van der Waals surface area contributed by atoms with Crippen LogP contribution in [0.4, 0.5) is 0 Å². The van der Waals surface area contributed by atoms with Crippen LogP contribution in [-0.2, 0) is 10.2 Å². The fraction of sp³-hybridized carbons (Fsp3) is 0.214. The summed E-state index contributed by atoms with van der Waals surface area (Å²) >= 11 is 3.45. The third-order valence-corrected chi connectivity index (χ3v) is 3.33. The van der Waals surface area contributed by atoms with Gasteiger partial charge >= 0.3 is 0 Å². The minimum absolute atomic E-state index is 0.420. The van der Waals surface area contributed by atoms with Gasteiger partial charge in [-0.2, -0.15) is 0 Å². The first-order valence-electron chi connectivity index (χ1n) is 5.19. The zero-order valence-corrected chi connectivity index (χ0v) is 10.9. The number of fused-ring (bicyclic) bond motifs is 1. The van der Waals surface area contributed by atoms with Gasteiger partial charge < -0.3 is 4.79 Å². The van der Waals surface area contributed by atoms with E-state index in [0.717, 1.165) is 21.7 Å². The minimum Gasteiger partial charge on any atom is -0.302 e. The van der Waals surface area contributed by atoms with E-state index < -0.39 is 5.41 Å². The van der Waals surface area contributed by atoms with Crippen molar-refractivity contribution in [2.24, 2.45) is 0 Å². The van der Waals surface area contributed by atoms with Crippen LogP contribution >= 0.6 is 15.9 Å². The van der Waals surface area contributed by atoms with Gasteiger partial charge in [0.1, 0.15) is 6.29 Å². The van der Waals surface area contributed by atoms with Crippen LogP contribution in [0.5, 0.6) is 0 Å². The number of aldehydes is 1. The molecule has 82 valence electrons. The molecule has 0 aliphatic heterocycles. The Bertz CT molecular complexity index is 543. The lowest BCUT2D eigenvalue weighted by Gasteiger charge is -2.17. The first-order valence-corrected chi connectivity index (χ1v) is 5.98. The standard InChI is InChI=1S/C14H13BrO/c1-14(2,9-16)12-5-3-10-4-6-13(15)8-11(10)7-12/h3-9H,1-2H3. The second-order valence-corrected chi connectivity index (χ2v) is 5.46. The summed E-state index contributed by atoms with van der Waals surface area (Å²) in [4.78, 5) is 11.0. The second-order valence-electron chi connectivity index (χ2n) is 4.55. The number of hydrogen-bond acceptors (Lipinski definition) is 1. The van der Waals surface area contributed by atoms with E-state index in [4.69, 9.17) is 0 Å². The molecule has 0 bridgehead atoms. The SMILES string of the molecule is CC(C)(C=O)c1ccc2ccc(Br)cc2c1. The van der Waals surface area contributed by atoms with Crippen molar-refractivity contribution in [3.8, 4) is 0 Å². The Hall–Kier alpha value is -1.15. The highest BCUT2D eigenvalue weighted by atomic mass is 79.9. The Morgan fingerprint density at radius 3 is 2.44 bits per heavy atom. The van der Waals surface area contributed by atoms with Crippen molar-refractivity contribution >= 4 is 33.0 Å². The molecule has 0 saturated carbocycles. The largest absolute Gasteiger partial charge is 0.302 e. The number of benzene rings is 2. The van der Waals surface area contributed by atoms with Gasteiger partial charge in [0, 0.05) is 9.89 Å². The number of rotatable bonds is 2. The van der Waals surface area contributed by atoms with E-state index in [1.165, 1.54) is 5.39 Å². The van der Waals surface area contributed by atoms with Crippen molar-refractivity contribution in [3.63, 3.8) is 0 Å². The van der Waals surface area contributed by atoms with E-state index in [2.05, 4.69) is 40.2 Å². The quantitative estimate of drug-likeness (QED) is 0.756. The van der Waals surface area contributed by atoms with Gasteiger partial charge in [0.05, 0.1) is 0 Å². The molecule has 0 heterocycles. The van der Waals surface area contributed by atoms with Crippen LogP contribution in [0, 0.1) is 0 Å². The maximum Gasteiger partial charge on any atom is 0.129 e. The molecular formula is C14H13BrO. The molecule has 2 aromatic carbocycles. The van der Waals surface area contributed by atoms with E-state index in [-0.39, 0.29) is 0 Å². The Kier molecular flexibility index (Phi) is 2.85. The van der Waals surface area contributed by atoms with Gasteiger partial charge in [-0.1, -0.05) is 40.2 Å². The Labute approximate surface area is 104 Å². The molecule has 0 unspecified atom stereocenters. The van der Waals surface area contributed by atoms with E-state index in [9.17, 15) is 4.79 Å². The maximum absolute atomic E-state index is 11.0. The molecule has 0 aromatic heterocycles. The zero-order valence-electron chi connectivity index (χ0n) is 9.33. The van der Waals surface area contributed by atoms with Crippen molar-refractivity contribution in [1.82, 2.24) is 0 Å². The van der Waals surface area contributed by atoms with E-state index in [1.54, 1.807) is 0 Å². The molecule has 0 N–H and O–H groups in total. The number of hydrogen-bond donors (Lipinski definition) is 0. The molecule has 0 amide bonds. The van der Waals surface area contributed by atoms with Crippen molar-refractivity contribution < 1.29 is 4.79 Å². The smallest absolute Gasteiger partial charge is 0.129 e. The van der Waals surface area contributed by atoms with Gasteiger partial charge in [0.2, 0.25) is 0 Å². The predicted molar refractivity (Wildman–Crippen MR) is 70.7 cm³/mol. The van der Waals surface area contributed by atoms with Crippen molar-refractivity contribution in [3.05, 3.63) is 46.4 Å². The van der Waals surface area contributed by atoms with Crippen LogP contribution in [0.1, 0.15) is 19.4 Å². The lowest BCUT2D eigenvalue weighted by Crippen LogP contribution is -2.18. The minimum atomic E-state index is -0.420. The van der Waals surface area contributed by atoms with Gasteiger partial charge in [-0.3, -0.25) is 0 Å². The van der Waals surface area contributed by atoms with Gasteiger partial charge in [-0.15, -0.1) is 0 Å². The average Bonchev–Trinajstić information content (AvgIpc) is 2.28. The van der Waals surface area contributed by atoms with Crippen LogP contribution in [0.3, 0.4) is 0 Å². The first-order chi connectivity index (χ1) is 7.53. The van der Waals surface area contributed by atoms with Crippen LogP contribution in [-0.4, -0.2) is 6.29 Å². The third kappa shape index (κ3) is 2.03. The summed E-state index contributed by atoms with van der Waals surface area (Å²) in [5.41, 5.74) is 0.629. The normalized spacial score (nSPS) is 11.7. The lowest BCUT2D eigenvalue weighted by atomic mass is 9.85. The highest BCUT2D eigenvalue weighted by molar-refractivity contribution is 9.10. The first kappa shape index (κ1) is 11.3. The predicted octanol–water partition coefficient (Wildman–Crippen LogP) is 4.08. The van der Waals surface area contributed by atoms with Crippen molar-refractivity contribution in [2.75, 3.05) is 0 Å². The van der Waals surface area contributed by atoms with Crippen LogP contribution in [0.25, 0.3) is 10.8 Å². The molecule has 0 atom stereocenters. The van der Waals surface area contributed by atoms with Gasteiger partial charge in [-0.05, 0) is 42.3 Å². The summed E-state index contributed by atoms with van der Waals surface area (Å²) in [5, 5.41) is 2.34. The van der Waals surface area contributed by atoms with E-state index in [0.29, 0.717) is 0 Å². The summed E-state index contributed by atoms with van der Waals surface area (Å²) in [6.45, 7) is 3.86. The summed E-state index contributed by atoms with van der Waals surface area (Å²) < 4.78 is 1.06. The molecule has 0 fully saturated rings. The van der Waals surface area contributed by atoms with Gasteiger partial charge in [0.25, 0.3) is 0 Å². The highest BCUT2D eigenvalue weighted by Gasteiger charge is 2.19. The molecule has 0 aliphatic carbocycles. The summed E-state index contributed by atoms with van der Waals surface area (Å²) in [5.74, 6) is 0. The van der Waals surface area contributed by atoms with Crippen molar-refractivity contribution in [1.29, 1.82) is 0 Å². The summed E-state index contributed by atoms with van der Waals surface area (Å²) in [6, 6.07) is 12.3. The zero-order chi connectivity index (χ0) is 11.8. The number of carbonyl (C=O) groups excluding carboxylic acids is 1. The molecule has 0 spiro atoms. The molecule has 16 heavy (non-hydrogen) atoms. The van der Waals surface area contributed by atoms with Crippen LogP contribution in [0.15, 0.2) is 40.9 Å². The summed E-state index contributed by atoms with van der Waals surface area (Å²) in [6.07, 6.45) is 0.992. The second kappa shape index (κ2) is 4.02. The monoisotopic (exact) mass is 276 g/mol. The Morgan fingerprint density at radius 1 is 1.06 bits per heavy atom. The highest BCUT2D eigenvalue weighted by Crippen LogP contribution is 2.26.